The van der Waals surface area contributed by atoms with Gasteiger partial charge in [-0.05, 0) is 18.8 Å². The van der Waals surface area contributed by atoms with E-state index in [1.165, 1.54) is 12.8 Å². The molecule has 3 heteroatoms. The summed E-state index contributed by atoms with van der Waals surface area (Å²) < 4.78 is 10.8. The number of ether oxygens (including phenoxy) is 2. The average molecular weight is 221 g/mol. The molecule has 0 amide bonds. The Bertz CT molecular complexity index is 139. The van der Waals surface area contributed by atoms with Crippen molar-refractivity contribution in [3.05, 3.63) is 0 Å². The van der Waals surface area contributed by atoms with Gasteiger partial charge in [0, 0.05) is 13.2 Å². The van der Waals surface area contributed by atoms with Crippen LogP contribution in [0.5, 0.6) is 0 Å². The van der Waals surface area contributed by atoms with Gasteiger partial charge in [0.25, 0.3) is 0 Å². The Morgan fingerprint density at radius 3 is 2.18 bits per heavy atom. The first kappa shape index (κ1) is 8.02. The SMILES string of the molecule is BrC1(C2CCOCC2)COC1. The van der Waals surface area contributed by atoms with Crippen LogP contribution in [0.4, 0.5) is 0 Å². The molecule has 0 saturated carbocycles. The van der Waals surface area contributed by atoms with Crippen LogP contribution in [0, 0.1) is 5.92 Å². The average Bonchev–Trinajstić information content (AvgIpc) is 2.02. The lowest BCUT2D eigenvalue weighted by molar-refractivity contribution is -0.0573. The summed E-state index contributed by atoms with van der Waals surface area (Å²) in [5.41, 5.74) is 0. The molecule has 0 unspecified atom stereocenters. The second kappa shape index (κ2) is 3.04. The minimum atomic E-state index is 0.302. The number of hydrogen-bond acceptors (Lipinski definition) is 2. The molecule has 64 valence electrons. The minimum Gasteiger partial charge on any atom is -0.381 e. The largest absolute Gasteiger partial charge is 0.381 e. The molecule has 0 radical (unpaired) electrons. The van der Waals surface area contributed by atoms with Crippen LogP contribution < -0.4 is 0 Å². The summed E-state index contributed by atoms with van der Waals surface area (Å²) in [7, 11) is 0. The fourth-order valence-electron chi connectivity index (χ4n) is 1.75. The molecule has 2 aliphatic heterocycles. The summed E-state index contributed by atoms with van der Waals surface area (Å²) in [5, 5.41) is 0. The molecule has 0 aromatic rings. The van der Waals surface area contributed by atoms with Crippen LogP contribution in [0.3, 0.4) is 0 Å². The Morgan fingerprint density at radius 2 is 1.73 bits per heavy atom. The van der Waals surface area contributed by atoms with Gasteiger partial charge in [0.05, 0.1) is 17.5 Å². The Morgan fingerprint density at radius 1 is 1.09 bits per heavy atom. The van der Waals surface area contributed by atoms with Crippen LogP contribution >= 0.6 is 15.9 Å². The van der Waals surface area contributed by atoms with Gasteiger partial charge < -0.3 is 9.47 Å². The predicted octanol–water partition coefficient (Wildman–Crippen LogP) is 1.58. The van der Waals surface area contributed by atoms with Crippen molar-refractivity contribution in [2.75, 3.05) is 26.4 Å². The Hall–Kier alpha value is 0.400. The van der Waals surface area contributed by atoms with Crippen molar-refractivity contribution in [3.8, 4) is 0 Å². The smallest absolute Gasteiger partial charge is 0.0753 e. The van der Waals surface area contributed by atoms with Crippen LogP contribution in [0.15, 0.2) is 0 Å². The highest BCUT2D eigenvalue weighted by Crippen LogP contribution is 2.40. The Balaban J connectivity index is 1.91. The number of halogens is 1. The lowest BCUT2D eigenvalue weighted by Crippen LogP contribution is -2.51. The summed E-state index contributed by atoms with van der Waals surface area (Å²) in [6.45, 7) is 3.63. The van der Waals surface area contributed by atoms with Crippen LogP contribution in [0.25, 0.3) is 0 Å². The van der Waals surface area contributed by atoms with Gasteiger partial charge in [0.2, 0.25) is 0 Å². The molecule has 0 bridgehead atoms. The topological polar surface area (TPSA) is 18.5 Å². The van der Waals surface area contributed by atoms with Gasteiger partial charge in [-0.3, -0.25) is 0 Å². The maximum atomic E-state index is 5.30. The number of alkyl halides is 1. The lowest BCUT2D eigenvalue weighted by Gasteiger charge is -2.44. The van der Waals surface area contributed by atoms with Crippen molar-refractivity contribution < 1.29 is 9.47 Å². The summed E-state index contributed by atoms with van der Waals surface area (Å²) in [6.07, 6.45) is 2.38. The monoisotopic (exact) mass is 220 g/mol. The molecular formula is C8H13BrO2. The van der Waals surface area contributed by atoms with Crippen molar-refractivity contribution in [1.29, 1.82) is 0 Å². The molecule has 0 atom stereocenters. The molecule has 2 nitrogen and oxygen atoms in total. The second-order valence-electron chi connectivity index (χ2n) is 3.41. The molecule has 0 aliphatic carbocycles. The van der Waals surface area contributed by atoms with Gasteiger partial charge in [0.15, 0.2) is 0 Å². The highest BCUT2D eigenvalue weighted by Gasteiger charge is 2.43. The second-order valence-corrected chi connectivity index (χ2v) is 4.99. The van der Waals surface area contributed by atoms with E-state index in [2.05, 4.69) is 15.9 Å². The van der Waals surface area contributed by atoms with Gasteiger partial charge in [-0.1, -0.05) is 15.9 Å². The summed E-state index contributed by atoms with van der Waals surface area (Å²) in [5.74, 6) is 0.769. The van der Waals surface area contributed by atoms with E-state index in [1.54, 1.807) is 0 Å². The van der Waals surface area contributed by atoms with Gasteiger partial charge in [-0.15, -0.1) is 0 Å². The fraction of sp³-hybridized carbons (Fsp3) is 1.00. The standard InChI is InChI=1S/C8H13BrO2/c9-8(5-11-6-8)7-1-3-10-4-2-7/h7H,1-6H2. The van der Waals surface area contributed by atoms with E-state index in [0.29, 0.717) is 4.32 Å². The van der Waals surface area contributed by atoms with Crippen LogP contribution in [0.1, 0.15) is 12.8 Å². The van der Waals surface area contributed by atoms with Crippen LogP contribution in [0.2, 0.25) is 0 Å². The highest BCUT2D eigenvalue weighted by molar-refractivity contribution is 9.10. The van der Waals surface area contributed by atoms with Gasteiger partial charge >= 0.3 is 0 Å². The highest BCUT2D eigenvalue weighted by atomic mass is 79.9. The van der Waals surface area contributed by atoms with Crippen molar-refractivity contribution >= 4 is 15.9 Å². The van der Waals surface area contributed by atoms with E-state index in [-0.39, 0.29) is 0 Å². The predicted molar refractivity (Wildman–Crippen MR) is 46.0 cm³/mol. The van der Waals surface area contributed by atoms with E-state index in [9.17, 15) is 0 Å². The molecule has 2 rings (SSSR count). The summed E-state index contributed by atoms with van der Waals surface area (Å²) >= 11 is 3.75. The summed E-state index contributed by atoms with van der Waals surface area (Å²) in [6, 6.07) is 0. The normalized spacial score (nSPS) is 31.4. The van der Waals surface area contributed by atoms with Gasteiger partial charge in [-0.25, -0.2) is 0 Å². The molecule has 0 aromatic carbocycles. The maximum absolute atomic E-state index is 5.30. The Labute approximate surface area is 75.4 Å². The third kappa shape index (κ3) is 1.46. The maximum Gasteiger partial charge on any atom is 0.0753 e. The molecule has 2 saturated heterocycles. The van der Waals surface area contributed by atoms with Crippen molar-refractivity contribution in [2.45, 2.75) is 17.2 Å². The van der Waals surface area contributed by atoms with Crippen LogP contribution in [-0.2, 0) is 9.47 Å². The number of rotatable bonds is 1. The summed E-state index contributed by atoms with van der Waals surface area (Å²) in [4.78, 5) is 0. The molecule has 0 spiro atoms. The molecule has 2 fully saturated rings. The molecular weight excluding hydrogens is 208 g/mol. The first-order chi connectivity index (χ1) is 5.31. The molecule has 2 aliphatic rings. The van der Waals surface area contributed by atoms with Crippen molar-refractivity contribution in [2.24, 2.45) is 5.92 Å². The van der Waals surface area contributed by atoms with E-state index in [1.807, 2.05) is 0 Å². The van der Waals surface area contributed by atoms with E-state index in [0.717, 1.165) is 32.3 Å². The van der Waals surface area contributed by atoms with Crippen molar-refractivity contribution in [3.63, 3.8) is 0 Å². The first-order valence-electron chi connectivity index (χ1n) is 4.16. The molecule has 2 heterocycles. The first-order valence-corrected chi connectivity index (χ1v) is 4.95. The van der Waals surface area contributed by atoms with E-state index >= 15 is 0 Å². The lowest BCUT2D eigenvalue weighted by atomic mass is 9.84. The zero-order valence-electron chi connectivity index (χ0n) is 6.51. The zero-order chi connectivity index (χ0) is 7.73. The van der Waals surface area contributed by atoms with Crippen molar-refractivity contribution in [1.82, 2.24) is 0 Å². The van der Waals surface area contributed by atoms with Crippen LogP contribution in [-0.4, -0.2) is 30.8 Å². The zero-order valence-corrected chi connectivity index (χ0v) is 8.10. The molecule has 0 N–H and O–H groups in total. The fourth-order valence-corrected chi connectivity index (χ4v) is 2.53. The Kier molecular flexibility index (Phi) is 2.21. The van der Waals surface area contributed by atoms with Gasteiger partial charge in [0.1, 0.15) is 0 Å². The van der Waals surface area contributed by atoms with E-state index in [4.69, 9.17) is 9.47 Å². The van der Waals surface area contributed by atoms with Gasteiger partial charge in [-0.2, -0.15) is 0 Å². The minimum absolute atomic E-state index is 0.302. The third-order valence-corrected chi connectivity index (χ3v) is 3.74. The number of hydrogen-bond donors (Lipinski definition) is 0. The third-order valence-electron chi connectivity index (χ3n) is 2.64. The molecule has 11 heavy (non-hydrogen) atoms. The van der Waals surface area contributed by atoms with E-state index < -0.39 is 0 Å². The quantitative estimate of drug-likeness (QED) is 0.626. The molecule has 0 aromatic heterocycles.